The van der Waals surface area contributed by atoms with Gasteiger partial charge in [0.05, 0.1) is 6.61 Å². The molecule has 0 spiro atoms. The van der Waals surface area contributed by atoms with Crippen molar-refractivity contribution in [3.05, 3.63) is 42.0 Å². The number of rotatable bonds is 4. The molecule has 21 heavy (non-hydrogen) atoms. The zero-order chi connectivity index (χ0) is 14.8. The number of aliphatic hydroxyl groups excluding tert-OH is 2. The monoisotopic (exact) mass is 292 g/mol. The van der Waals surface area contributed by atoms with Gasteiger partial charge < -0.3 is 24.4 Å². The van der Waals surface area contributed by atoms with Crippen molar-refractivity contribution in [1.29, 1.82) is 0 Å². The van der Waals surface area contributed by atoms with Crippen LogP contribution in [-0.2, 0) is 19.0 Å². The summed E-state index contributed by atoms with van der Waals surface area (Å²) < 4.78 is 15.6. The normalized spacial score (nSPS) is 35.1. The van der Waals surface area contributed by atoms with Crippen LogP contribution in [0.25, 0.3) is 6.08 Å². The third-order valence-electron chi connectivity index (χ3n) is 3.50. The predicted octanol–water partition coefficient (Wildman–Crippen LogP) is 0.0885. The Balaban J connectivity index is 1.51. The second-order valence-electron chi connectivity index (χ2n) is 4.95. The highest BCUT2D eigenvalue weighted by Crippen LogP contribution is 2.32. The summed E-state index contributed by atoms with van der Waals surface area (Å²) in [5.41, 5.74) is 1.04. The van der Waals surface area contributed by atoms with E-state index in [2.05, 4.69) is 0 Å². The van der Waals surface area contributed by atoms with Crippen LogP contribution < -0.4 is 0 Å². The van der Waals surface area contributed by atoms with Gasteiger partial charge in [-0.15, -0.1) is 0 Å². The SMILES string of the molecule is O=C1OC2C(O)C(OCC=Cc3ccccc3)OC2C1O. The maximum Gasteiger partial charge on any atom is 0.338 e. The van der Waals surface area contributed by atoms with Gasteiger partial charge in [-0.25, -0.2) is 4.79 Å². The number of carbonyl (C=O) groups is 1. The van der Waals surface area contributed by atoms with Crippen LogP contribution in [0.4, 0.5) is 0 Å². The van der Waals surface area contributed by atoms with Gasteiger partial charge in [-0.3, -0.25) is 0 Å². The molecule has 5 unspecified atom stereocenters. The standard InChI is InChI=1S/C15H16O6/c16-10-12-13(20-14(10)18)11(17)15(21-12)19-8-4-7-9-5-2-1-3-6-9/h1-7,10-13,15-17H,8H2. The Kier molecular flexibility index (Phi) is 4.03. The highest BCUT2D eigenvalue weighted by atomic mass is 16.7. The Bertz CT molecular complexity index is 528. The van der Waals surface area contributed by atoms with Gasteiger partial charge in [0.25, 0.3) is 0 Å². The topological polar surface area (TPSA) is 85.2 Å². The first-order valence-electron chi connectivity index (χ1n) is 6.72. The second-order valence-corrected chi connectivity index (χ2v) is 4.95. The minimum absolute atomic E-state index is 0.236. The molecule has 1 aromatic rings. The summed E-state index contributed by atoms with van der Waals surface area (Å²) in [6.45, 7) is 0.236. The van der Waals surface area contributed by atoms with E-state index in [9.17, 15) is 15.0 Å². The Morgan fingerprint density at radius 3 is 2.67 bits per heavy atom. The molecule has 2 N–H and O–H groups in total. The number of esters is 1. The van der Waals surface area contributed by atoms with Gasteiger partial charge in [0.15, 0.2) is 18.5 Å². The Hall–Kier alpha value is -1.73. The van der Waals surface area contributed by atoms with Crippen molar-refractivity contribution in [2.75, 3.05) is 6.61 Å². The third-order valence-corrected chi connectivity index (χ3v) is 3.50. The summed E-state index contributed by atoms with van der Waals surface area (Å²) in [5, 5.41) is 19.5. The van der Waals surface area contributed by atoms with Gasteiger partial charge in [0.2, 0.25) is 0 Å². The minimum Gasteiger partial charge on any atom is -0.454 e. The summed E-state index contributed by atoms with van der Waals surface area (Å²) in [5.74, 6) is -0.772. The fourth-order valence-corrected chi connectivity index (χ4v) is 2.43. The van der Waals surface area contributed by atoms with Crippen molar-refractivity contribution >= 4 is 12.0 Å². The number of carbonyl (C=O) groups excluding carboxylic acids is 1. The molecule has 5 atom stereocenters. The van der Waals surface area contributed by atoms with E-state index in [1.54, 1.807) is 6.08 Å². The number of fused-ring (bicyclic) bond motifs is 1. The summed E-state index contributed by atoms with van der Waals surface area (Å²) in [7, 11) is 0. The largest absolute Gasteiger partial charge is 0.454 e. The van der Waals surface area contributed by atoms with Crippen LogP contribution in [0.2, 0.25) is 0 Å². The van der Waals surface area contributed by atoms with Crippen molar-refractivity contribution in [3.63, 3.8) is 0 Å². The van der Waals surface area contributed by atoms with E-state index in [-0.39, 0.29) is 6.61 Å². The Morgan fingerprint density at radius 2 is 1.95 bits per heavy atom. The third kappa shape index (κ3) is 2.84. The van der Waals surface area contributed by atoms with Crippen LogP contribution in [0.1, 0.15) is 5.56 Å². The molecule has 3 rings (SSSR count). The Labute approximate surface area is 121 Å². The molecular formula is C15H16O6. The fourth-order valence-electron chi connectivity index (χ4n) is 2.43. The molecule has 0 radical (unpaired) electrons. The molecule has 112 valence electrons. The van der Waals surface area contributed by atoms with Crippen molar-refractivity contribution in [2.45, 2.75) is 30.7 Å². The van der Waals surface area contributed by atoms with Gasteiger partial charge in [-0.05, 0) is 5.56 Å². The van der Waals surface area contributed by atoms with Crippen molar-refractivity contribution < 1.29 is 29.2 Å². The van der Waals surface area contributed by atoms with Gasteiger partial charge in [-0.2, -0.15) is 0 Å². The lowest BCUT2D eigenvalue weighted by molar-refractivity contribution is -0.182. The molecule has 2 aliphatic heterocycles. The number of hydrogen-bond donors (Lipinski definition) is 2. The van der Waals surface area contributed by atoms with E-state index < -0.39 is 36.7 Å². The highest BCUT2D eigenvalue weighted by molar-refractivity contribution is 5.78. The van der Waals surface area contributed by atoms with Crippen LogP contribution in [0, 0.1) is 0 Å². The van der Waals surface area contributed by atoms with Crippen molar-refractivity contribution in [3.8, 4) is 0 Å². The van der Waals surface area contributed by atoms with Gasteiger partial charge in [0.1, 0.15) is 12.2 Å². The zero-order valence-electron chi connectivity index (χ0n) is 11.2. The zero-order valence-corrected chi connectivity index (χ0v) is 11.2. The molecule has 2 heterocycles. The molecule has 0 amide bonds. The number of ether oxygens (including phenoxy) is 3. The van der Waals surface area contributed by atoms with E-state index in [4.69, 9.17) is 14.2 Å². The van der Waals surface area contributed by atoms with Crippen LogP contribution in [-0.4, -0.2) is 53.5 Å². The first-order chi connectivity index (χ1) is 10.2. The molecule has 2 aliphatic rings. The lowest BCUT2D eigenvalue weighted by Crippen LogP contribution is -2.33. The number of hydrogen-bond acceptors (Lipinski definition) is 6. The Morgan fingerprint density at radius 1 is 1.19 bits per heavy atom. The maximum absolute atomic E-state index is 11.1. The van der Waals surface area contributed by atoms with Crippen LogP contribution >= 0.6 is 0 Å². The summed E-state index contributed by atoms with van der Waals surface area (Å²) in [4.78, 5) is 11.1. The predicted molar refractivity (Wildman–Crippen MR) is 72.0 cm³/mol. The first-order valence-corrected chi connectivity index (χ1v) is 6.72. The molecule has 0 bridgehead atoms. The quantitative estimate of drug-likeness (QED) is 0.765. The molecule has 0 aromatic heterocycles. The van der Waals surface area contributed by atoms with Crippen LogP contribution in [0.3, 0.4) is 0 Å². The highest BCUT2D eigenvalue weighted by Gasteiger charge is 2.56. The molecular weight excluding hydrogens is 276 g/mol. The summed E-state index contributed by atoms with van der Waals surface area (Å²) >= 11 is 0. The van der Waals surface area contributed by atoms with Gasteiger partial charge >= 0.3 is 5.97 Å². The van der Waals surface area contributed by atoms with E-state index in [1.807, 2.05) is 36.4 Å². The maximum atomic E-state index is 11.1. The van der Waals surface area contributed by atoms with Crippen molar-refractivity contribution in [1.82, 2.24) is 0 Å². The van der Waals surface area contributed by atoms with E-state index in [1.165, 1.54) is 0 Å². The van der Waals surface area contributed by atoms with Crippen LogP contribution in [0.15, 0.2) is 36.4 Å². The number of benzene rings is 1. The number of aliphatic hydroxyl groups is 2. The molecule has 6 nitrogen and oxygen atoms in total. The smallest absolute Gasteiger partial charge is 0.338 e. The molecule has 2 saturated heterocycles. The second kappa shape index (κ2) is 5.95. The lowest BCUT2D eigenvalue weighted by atomic mass is 10.1. The molecule has 6 heteroatoms. The molecule has 2 fully saturated rings. The van der Waals surface area contributed by atoms with Gasteiger partial charge in [-0.1, -0.05) is 42.5 Å². The fraction of sp³-hybridized carbons (Fsp3) is 0.400. The van der Waals surface area contributed by atoms with E-state index in [0.717, 1.165) is 5.56 Å². The van der Waals surface area contributed by atoms with E-state index >= 15 is 0 Å². The lowest BCUT2D eigenvalue weighted by Gasteiger charge is -2.16. The van der Waals surface area contributed by atoms with Gasteiger partial charge in [0, 0.05) is 0 Å². The first kappa shape index (κ1) is 14.2. The average Bonchev–Trinajstić information content (AvgIpc) is 2.95. The molecule has 1 aromatic carbocycles. The van der Waals surface area contributed by atoms with Crippen LogP contribution in [0.5, 0.6) is 0 Å². The summed E-state index contributed by atoms with van der Waals surface area (Å²) in [6, 6.07) is 9.71. The van der Waals surface area contributed by atoms with Crippen molar-refractivity contribution in [2.24, 2.45) is 0 Å². The summed E-state index contributed by atoms with van der Waals surface area (Å²) in [6.07, 6.45) is -1.42. The minimum atomic E-state index is -1.36. The molecule has 0 saturated carbocycles. The van der Waals surface area contributed by atoms with E-state index in [0.29, 0.717) is 0 Å². The molecule has 0 aliphatic carbocycles. The average molecular weight is 292 g/mol.